The van der Waals surface area contributed by atoms with Gasteiger partial charge in [0.15, 0.2) is 0 Å². The highest BCUT2D eigenvalue weighted by Crippen LogP contribution is 2.36. The fourth-order valence-electron chi connectivity index (χ4n) is 6.60. The molecule has 1 aliphatic rings. The standard InChI is InChI=1S/C46H34N2/c1-2-7-33(8-3-1)34-15-17-35(18-16-34)38-9-4-10-39(27-38)40-11-5-12-41(28-40)42-13-6-14-43(29-42)46-31-44(36-19-23-47-24-20-36)30-45(32-46)37-21-25-48-26-22-37/h1-7,9-33H,8H2. The van der Waals surface area contributed by atoms with E-state index >= 15 is 0 Å². The topological polar surface area (TPSA) is 25.8 Å². The number of pyridine rings is 2. The Bertz CT molecular complexity index is 2190. The van der Waals surface area contributed by atoms with Gasteiger partial charge in [-0.1, -0.05) is 103 Å². The maximum atomic E-state index is 4.23. The van der Waals surface area contributed by atoms with Gasteiger partial charge in [-0.15, -0.1) is 0 Å². The van der Waals surface area contributed by atoms with Gasteiger partial charge in [0.25, 0.3) is 0 Å². The van der Waals surface area contributed by atoms with E-state index in [1.54, 1.807) is 0 Å². The van der Waals surface area contributed by atoms with Gasteiger partial charge >= 0.3 is 0 Å². The highest BCUT2D eigenvalue weighted by atomic mass is 14.6. The summed E-state index contributed by atoms with van der Waals surface area (Å²) < 4.78 is 0. The highest BCUT2D eigenvalue weighted by Gasteiger charge is 2.11. The lowest BCUT2D eigenvalue weighted by Crippen LogP contribution is -1.95. The van der Waals surface area contributed by atoms with Crippen LogP contribution < -0.4 is 0 Å². The van der Waals surface area contributed by atoms with Gasteiger partial charge in [0.1, 0.15) is 0 Å². The highest BCUT2D eigenvalue weighted by molar-refractivity contribution is 5.83. The fraction of sp³-hybridized carbons (Fsp3) is 0.0435. The summed E-state index contributed by atoms with van der Waals surface area (Å²) in [5.41, 5.74) is 15.6. The van der Waals surface area contributed by atoms with Gasteiger partial charge in [-0.05, 0) is 139 Å². The minimum absolute atomic E-state index is 0.463. The second kappa shape index (κ2) is 13.3. The van der Waals surface area contributed by atoms with Gasteiger partial charge in [0, 0.05) is 30.7 Å². The zero-order valence-electron chi connectivity index (χ0n) is 26.6. The van der Waals surface area contributed by atoms with Crippen LogP contribution in [0.1, 0.15) is 17.9 Å². The van der Waals surface area contributed by atoms with Crippen LogP contribution in [0.3, 0.4) is 0 Å². The predicted octanol–water partition coefficient (Wildman–Crippen LogP) is 12.1. The summed E-state index contributed by atoms with van der Waals surface area (Å²) in [6, 6.07) is 50.7. The molecular formula is C46H34N2. The Morgan fingerprint density at radius 3 is 1.17 bits per heavy atom. The third-order valence-corrected chi connectivity index (χ3v) is 9.20. The van der Waals surface area contributed by atoms with Crippen molar-refractivity contribution in [2.24, 2.45) is 0 Å². The Morgan fingerprint density at radius 1 is 0.354 bits per heavy atom. The van der Waals surface area contributed by atoms with Crippen LogP contribution in [0.5, 0.6) is 0 Å². The van der Waals surface area contributed by atoms with Crippen molar-refractivity contribution in [3.63, 3.8) is 0 Å². The predicted molar refractivity (Wildman–Crippen MR) is 200 cm³/mol. The third-order valence-electron chi connectivity index (χ3n) is 9.20. The molecule has 0 spiro atoms. The van der Waals surface area contributed by atoms with Crippen molar-refractivity contribution in [2.45, 2.75) is 12.3 Å². The van der Waals surface area contributed by atoms with E-state index in [0.717, 1.165) is 28.7 Å². The first kappa shape index (κ1) is 29.3. The number of nitrogens with zero attached hydrogens (tertiary/aromatic N) is 2. The average Bonchev–Trinajstić information content (AvgIpc) is 3.19. The minimum Gasteiger partial charge on any atom is -0.265 e. The molecule has 7 aromatic rings. The largest absolute Gasteiger partial charge is 0.265 e. The van der Waals surface area contributed by atoms with E-state index in [1.807, 2.05) is 24.8 Å². The first-order valence-electron chi connectivity index (χ1n) is 16.5. The van der Waals surface area contributed by atoms with E-state index in [2.05, 4.69) is 174 Å². The molecule has 2 heterocycles. The number of hydrogen-bond donors (Lipinski definition) is 0. The fourth-order valence-corrected chi connectivity index (χ4v) is 6.60. The molecule has 0 amide bonds. The van der Waals surface area contributed by atoms with Crippen LogP contribution in [0.4, 0.5) is 0 Å². The van der Waals surface area contributed by atoms with Gasteiger partial charge < -0.3 is 0 Å². The van der Waals surface area contributed by atoms with E-state index in [9.17, 15) is 0 Å². The lowest BCUT2D eigenvalue weighted by molar-refractivity contribution is 0.854. The van der Waals surface area contributed by atoms with E-state index in [1.165, 1.54) is 50.1 Å². The molecule has 1 atom stereocenters. The number of hydrogen-bond acceptors (Lipinski definition) is 2. The lowest BCUT2D eigenvalue weighted by Gasteiger charge is -2.14. The minimum atomic E-state index is 0.463. The van der Waals surface area contributed by atoms with E-state index in [-0.39, 0.29) is 0 Å². The Balaban J connectivity index is 1.11. The van der Waals surface area contributed by atoms with Crippen molar-refractivity contribution in [3.05, 3.63) is 194 Å². The summed E-state index contributed by atoms with van der Waals surface area (Å²) in [6.07, 6.45) is 17.3. The molecule has 48 heavy (non-hydrogen) atoms. The van der Waals surface area contributed by atoms with Crippen molar-refractivity contribution in [1.29, 1.82) is 0 Å². The van der Waals surface area contributed by atoms with Crippen molar-refractivity contribution in [2.75, 3.05) is 0 Å². The number of rotatable bonds is 7. The molecule has 0 fully saturated rings. The van der Waals surface area contributed by atoms with Gasteiger partial charge in [-0.25, -0.2) is 0 Å². The van der Waals surface area contributed by atoms with Crippen LogP contribution in [0.2, 0.25) is 0 Å². The van der Waals surface area contributed by atoms with Crippen LogP contribution in [-0.2, 0) is 0 Å². The molecule has 0 saturated heterocycles. The van der Waals surface area contributed by atoms with Gasteiger partial charge in [-0.3, -0.25) is 9.97 Å². The molecule has 8 rings (SSSR count). The number of benzene rings is 5. The third kappa shape index (κ3) is 6.29. The molecule has 5 aromatic carbocycles. The zero-order chi connectivity index (χ0) is 32.1. The van der Waals surface area contributed by atoms with Crippen molar-refractivity contribution >= 4 is 0 Å². The smallest absolute Gasteiger partial charge is 0.0273 e. The molecule has 0 N–H and O–H groups in total. The van der Waals surface area contributed by atoms with Crippen LogP contribution in [-0.4, -0.2) is 9.97 Å². The van der Waals surface area contributed by atoms with E-state index in [4.69, 9.17) is 0 Å². The molecule has 0 aliphatic heterocycles. The maximum Gasteiger partial charge on any atom is 0.0273 e. The molecule has 0 bridgehead atoms. The van der Waals surface area contributed by atoms with Crippen molar-refractivity contribution in [1.82, 2.24) is 9.97 Å². The Labute approximate surface area is 282 Å². The Kier molecular flexibility index (Phi) is 8.13. The first-order chi connectivity index (χ1) is 23.8. The molecule has 1 unspecified atom stereocenters. The molecule has 2 nitrogen and oxygen atoms in total. The van der Waals surface area contributed by atoms with Gasteiger partial charge in [0.2, 0.25) is 0 Å². The molecule has 0 radical (unpaired) electrons. The van der Waals surface area contributed by atoms with Crippen molar-refractivity contribution < 1.29 is 0 Å². The zero-order valence-corrected chi connectivity index (χ0v) is 26.6. The lowest BCUT2D eigenvalue weighted by atomic mass is 9.90. The quantitative estimate of drug-likeness (QED) is 0.178. The van der Waals surface area contributed by atoms with Gasteiger partial charge in [0.05, 0.1) is 0 Å². The summed E-state index contributed by atoms with van der Waals surface area (Å²) in [6.45, 7) is 0. The average molecular weight is 615 g/mol. The van der Waals surface area contributed by atoms with E-state index < -0.39 is 0 Å². The molecular weight excluding hydrogens is 581 g/mol. The summed E-state index contributed by atoms with van der Waals surface area (Å²) in [5.74, 6) is 0.463. The molecule has 0 saturated carbocycles. The molecule has 2 aromatic heterocycles. The van der Waals surface area contributed by atoms with Crippen LogP contribution in [0.25, 0.3) is 66.8 Å². The Morgan fingerprint density at radius 2 is 0.729 bits per heavy atom. The second-order valence-corrected chi connectivity index (χ2v) is 12.3. The summed E-state index contributed by atoms with van der Waals surface area (Å²) >= 11 is 0. The maximum absolute atomic E-state index is 4.23. The van der Waals surface area contributed by atoms with Crippen molar-refractivity contribution in [3.8, 4) is 66.8 Å². The number of allylic oxidation sites excluding steroid dienone is 4. The normalized spacial score (nSPS) is 13.8. The Hall–Kier alpha value is -6.12. The molecule has 228 valence electrons. The monoisotopic (exact) mass is 614 g/mol. The molecule has 2 heteroatoms. The summed E-state index contributed by atoms with van der Waals surface area (Å²) in [5, 5.41) is 0. The van der Waals surface area contributed by atoms with Crippen LogP contribution >= 0.6 is 0 Å². The molecule has 1 aliphatic carbocycles. The van der Waals surface area contributed by atoms with Crippen LogP contribution in [0.15, 0.2) is 189 Å². The van der Waals surface area contributed by atoms with Crippen LogP contribution in [0, 0.1) is 0 Å². The van der Waals surface area contributed by atoms with Gasteiger partial charge in [-0.2, -0.15) is 0 Å². The second-order valence-electron chi connectivity index (χ2n) is 12.3. The summed E-state index contributed by atoms with van der Waals surface area (Å²) in [7, 11) is 0. The SMILES string of the molecule is C1=CCC(c2ccc(-c3cccc(-c4cccc(-c5cccc(-c6cc(-c7ccncc7)cc(-c7ccncc7)c6)c5)c4)c3)cc2)C=C1. The number of aromatic nitrogens is 2. The summed E-state index contributed by atoms with van der Waals surface area (Å²) in [4.78, 5) is 8.47. The van der Waals surface area contributed by atoms with E-state index in [0.29, 0.717) is 5.92 Å². The first-order valence-corrected chi connectivity index (χ1v) is 16.5.